The molecule has 1 aromatic rings. The molecule has 1 heterocycles. The molecule has 0 aliphatic heterocycles. The lowest BCUT2D eigenvalue weighted by molar-refractivity contribution is 0.433. The van der Waals surface area contributed by atoms with E-state index < -0.39 is 0 Å². The first-order chi connectivity index (χ1) is 4.67. The minimum absolute atomic E-state index is 0.0590. The van der Waals surface area contributed by atoms with E-state index in [0.717, 1.165) is 0 Å². The predicted molar refractivity (Wildman–Crippen MR) is 42.9 cm³/mol. The highest BCUT2D eigenvalue weighted by Crippen LogP contribution is 2.15. The minimum Gasteiger partial charge on any atom is -0.363 e. The van der Waals surface area contributed by atoms with Gasteiger partial charge in [-0.15, -0.1) is 0 Å². The summed E-state index contributed by atoms with van der Waals surface area (Å²) < 4.78 is 0. The Kier molecular flexibility index (Phi) is 1.81. The molecule has 0 bridgehead atoms. The number of aromatic nitrogens is 1. The van der Waals surface area contributed by atoms with Gasteiger partial charge in [0.15, 0.2) is 0 Å². The Balaban J connectivity index is 2.85. The number of nitrogens with one attached hydrogen (secondary N) is 2. The van der Waals surface area contributed by atoms with Crippen LogP contribution in [-0.2, 0) is 5.54 Å². The van der Waals surface area contributed by atoms with E-state index in [1.54, 1.807) is 0 Å². The molecule has 0 unspecified atom stereocenters. The van der Waals surface area contributed by atoms with E-state index in [9.17, 15) is 0 Å². The first-order valence-electron chi connectivity index (χ1n) is 3.49. The van der Waals surface area contributed by atoms with Gasteiger partial charge in [0.25, 0.3) is 0 Å². The lowest BCUT2D eigenvalue weighted by Crippen LogP contribution is -2.33. The average molecular weight is 138 g/mol. The van der Waals surface area contributed by atoms with Crippen molar-refractivity contribution >= 4 is 0 Å². The fourth-order valence-electron chi connectivity index (χ4n) is 0.854. The topological polar surface area (TPSA) is 27.8 Å². The van der Waals surface area contributed by atoms with Crippen LogP contribution in [0, 0.1) is 0 Å². The van der Waals surface area contributed by atoms with E-state index in [1.807, 2.05) is 19.3 Å². The summed E-state index contributed by atoms with van der Waals surface area (Å²) in [5, 5.41) is 3.21. The van der Waals surface area contributed by atoms with E-state index in [0.29, 0.717) is 0 Å². The lowest BCUT2D eigenvalue weighted by atomic mass is 10.0. The van der Waals surface area contributed by atoms with Crippen LogP contribution in [0.25, 0.3) is 0 Å². The first kappa shape index (κ1) is 7.35. The Morgan fingerprint density at radius 2 is 2.20 bits per heavy atom. The summed E-state index contributed by atoms with van der Waals surface area (Å²) in [5.74, 6) is 0. The van der Waals surface area contributed by atoms with Crippen molar-refractivity contribution in [2.24, 2.45) is 0 Å². The molecule has 1 aromatic heterocycles. The molecule has 0 saturated carbocycles. The Bertz CT molecular complexity index is 187. The normalized spacial score (nSPS) is 11.9. The number of hydrogen-bond acceptors (Lipinski definition) is 1. The van der Waals surface area contributed by atoms with Crippen LogP contribution in [-0.4, -0.2) is 12.0 Å². The molecule has 2 nitrogen and oxygen atoms in total. The van der Waals surface area contributed by atoms with Gasteiger partial charge in [-0.1, -0.05) is 0 Å². The Morgan fingerprint density at radius 3 is 2.60 bits per heavy atom. The lowest BCUT2D eigenvalue weighted by Gasteiger charge is -2.22. The van der Waals surface area contributed by atoms with Crippen LogP contribution < -0.4 is 5.32 Å². The van der Waals surface area contributed by atoms with Crippen LogP contribution in [0.2, 0.25) is 0 Å². The molecule has 0 atom stereocenters. The third-order valence-corrected chi connectivity index (χ3v) is 1.90. The van der Waals surface area contributed by atoms with E-state index in [-0.39, 0.29) is 5.54 Å². The summed E-state index contributed by atoms with van der Waals surface area (Å²) in [6.07, 6.45) is 1.94. The maximum Gasteiger partial charge on any atom is 0.0526 e. The summed E-state index contributed by atoms with van der Waals surface area (Å²) in [7, 11) is 1.96. The summed E-state index contributed by atoms with van der Waals surface area (Å²) in [6, 6.07) is 4.09. The number of rotatable bonds is 2. The molecule has 0 aliphatic rings. The smallest absolute Gasteiger partial charge is 0.0526 e. The molecular formula is C8H14N2. The largest absolute Gasteiger partial charge is 0.363 e. The standard InChI is InChI=1S/C8H14N2/c1-8(2,9-3)7-5-4-6-10-7/h4-6,9-10H,1-3H3. The van der Waals surface area contributed by atoms with Gasteiger partial charge >= 0.3 is 0 Å². The average Bonchev–Trinajstić information content (AvgIpc) is 2.38. The van der Waals surface area contributed by atoms with Gasteiger partial charge in [-0.05, 0) is 33.0 Å². The Labute approximate surface area is 61.7 Å². The molecule has 0 spiro atoms. The van der Waals surface area contributed by atoms with E-state index in [2.05, 4.69) is 30.2 Å². The third-order valence-electron chi connectivity index (χ3n) is 1.90. The van der Waals surface area contributed by atoms with Gasteiger partial charge in [0, 0.05) is 11.9 Å². The molecule has 2 N–H and O–H groups in total. The molecule has 0 amide bonds. The molecule has 0 aromatic carbocycles. The highest BCUT2D eigenvalue weighted by molar-refractivity contribution is 5.13. The third kappa shape index (κ3) is 1.21. The van der Waals surface area contributed by atoms with Crippen molar-refractivity contribution in [3.63, 3.8) is 0 Å². The Morgan fingerprint density at radius 1 is 1.50 bits per heavy atom. The van der Waals surface area contributed by atoms with Crippen LogP contribution in [0.5, 0.6) is 0 Å². The summed E-state index contributed by atoms with van der Waals surface area (Å²) in [4.78, 5) is 3.17. The van der Waals surface area contributed by atoms with Crippen LogP contribution in [0.15, 0.2) is 18.3 Å². The van der Waals surface area contributed by atoms with Crippen molar-refractivity contribution in [3.05, 3.63) is 24.0 Å². The SMILES string of the molecule is CNC(C)(C)c1ccc[nH]1. The number of H-pyrrole nitrogens is 1. The maximum atomic E-state index is 3.21. The Hall–Kier alpha value is -0.760. The molecule has 56 valence electrons. The van der Waals surface area contributed by atoms with E-state index in [4.69, 9.17) is 0 Å². The van der Waals surface area contributed by atoms with Gasteiger partial charge in [0.1, 0.15) is 0 Å². The highest BCUT2D eigenvalue weighted by atomic mass is 15.0. The second kappa shape index (κ2) is 2.46. The van der Waals surface area contributed by atoms with Crippen molar-refractivity contribution in [1.29, 1.82) is 0 Å². The quantitative estimate of drug-likeness (QED) is 0.636. The van der Waals surface area contributed by atoms with Gasteiger partial charge < -0.3 is 10.3 Å². The van der Waals surface area contributed by atoms with Crippen LogP contribution >= 0.6 is 0 Å². The molecular weight excluding hydrogens is 124 g/mol. The zero-order valence-electron chi connectivity index (χ0n) is 6.73. The summed E-state index contributed by atoms with van der Waals surface area (Å²) in [6.45, 7) is 4.28. The fourth-order valence-corrected chi connectivity index (χ4v) is 0.854. The number of hydrogen-bond donors (Lipinski definition) is 2. The highest BCUT2D eigenvalue weighted by Gasteiger charge is 2.17. The second-order valence-corrected chi connectivity index (χ2v) is 2.96. The fraction of sp³-hybridized carbons (Fsp3) is 0.500. The molecule has 0 radical (unpaired) electrons. The van der Waals surface area contributed by atoms with Gasteiger partial charge in [-0.3, -0.25) is 0 Å². The molecule has 0 aliphatic carbocycles. The minimum atomic E-state index is 0.0590. The predicted octanol–water partition coefficient (Wildman–Crippen LogP) is 1.47. The van der Waals surface area contributed by atoms with Crippen LogP contribution in [0.3, 0.4) is 0 Å². The van der Waals surface area contributed by atoms with E-state index in [1.165, 1.54) is 5.69 Å². The van der Waals surface area contributed by atoms with Crippen LogP contribution in [0.1, 0.15) is 19.5 Å². The molecule has 0 saturated heterocycles. The summed E-state index contributed by atoms with van der Waals surface area (Å²) in [5.41, 5.74) is 1.28. The zero-order chi connectivity index (χ0) is 7.61. The van der Waals surface area contributed by atoms with Gasteiger partial charge in [0.05, 0.1) is 5.54 Å². The number of aromatic amines is 1. The first-order valence-corrected chi connectivity index (χ1v) is 3.49. The van der Waals surface area contributed by atoms with Crippen molar-refractivity contribution in [1.82, 2.24) is 10.3 Å². The maximum absolute atomic E-state index is 3.21. The van der Waals surface area contributed by atoms with Crippen molar-refractivity contribution in [3.8, 4) is 0 Å². The molecule has 10 heavy (non-hydrogen) atoms. The molecule has 2 heteroatoms. The van der Waals surface area contributed by atoms with Crippen molar-refractivity contribution < 1.29 is 0 Å². The molecule has 0 fully saturated rings. The molecule has 1 rings (SSSR count). The van der Waals surface area contributed by atoms with E-state index >= 15 is 0 Å². The summed E-state index contributed by atoms with van der Waals surface area (Å²) >= 11 is 0. The van der Waals surface area contributed by atoms with Gasteiger partial charge in [0.2, 0.25) is 0 Å². The van der Waals surface area contributed by atoms with Gasteiger partial charge in [-0.25, -0.2) is 0 Å². The second-order valence-electron chi connectivity index (χ2n) is 2.96. The van der Waals surface area contributed by atoms with Crippen LogP contribution in [0.4, 0.5) is 0 Å². The van der Waals surface area contributed by atoms with Gasteiger partial charge in [-0.2, -0.15) is 0 Å². The van der Waals surface area contributed by atoms with Crippen molar-refractivity contribution in [2.45, 2.75) is 19.4 Å². The monoisotopic (exact) mass is 138 g/mol. The zero-order valence-corrected chi connectivity index (χ0v) is 6.73. The van der Waals surface area contributed by atoms with Crippen molar-refractivity contribution in [2.75, 3.05) is 7.05 Å².